The van der Waals surface area contributed by atoms with Crippen molar-refractivity contribution in [1.29, 1.82) is 0 Å². The molecular weight excluding hydrogens is 310 g/mol. The predicted octanol–water partition coefficient (Wildman–Crippen LogP) is 1.70. The summed E-state index contributed by atoms with van der Waals surface area (Å²) in [6, 6.07) is 13.0. The zero-order valence-corrected chi connectivity index (χ0v) is 12.4. The lowest BCUT2D eigenvalue weighted by Crippen LogP contribution is -2.26. The molecule has 7 nitrogen and oxygen atoms in total. The summed E-state index contributed by atoms with van der Waals surface area (Å²) < 4.78 is 0. The minimum Gasteiger partial charge on any atom is -0.507 e. The fourth-order valence-corrected chi connectivity index (χ4v) is 2.25. The second-order valence-electron chi connectivity index (χ2n) is 4.98. The molecule has 0 saturated carbocycles. The van der Waals surface area contributed by atoms with Crippen LogP contribution in [0.3, 0.4) is 0 Å². The number of nitrogens with one attached hydrogen (secondary N) is 2. The van der Waals surface area contributed by atoms with E-state index in [9.17, 15) is 19.8 Å². The highest BCUT2D eigenvalue weighted by Gasteiger charge is 2.18. The Morgan fingerprint density at radius 1 is 1.08 bits per heavy atom. The fourth-order valence-electron chi connectivity index (χ4n) is 2.25. The number of hydrazone groups is 1. The first-order valence-corrected chi connectivity index (χ1v) is 7.03. The standard InChI is InChI=1S/C17H13N3O4/c21-13-8-4-1-5-10(13)9-18-20-17(24)14-15(22)11-6-2-3-7-12(11)19-16(14)23/h1-9,21H,(H,20,24)(H2,19,22,23)/b18-9+. The van der Waals surface area contributed by atoms with Crippen LogP contribution in [-0.4, -0.2) is 27.3 Å². The van der Waals surface area contributed by atoms with Crippen LogP contribution in [0, 0.1) is 0 Å². The number of phenols is 1. The summed E-state index contributed by atoms with van der Waals surface area (Å²) >= 11 is 0. The van der Waals surface area contributed by atoms with Crippen LogP contribution >= 0.6 is 0 Å². The molecule has 0 atom stereocenters. The van der Waals surface area contributed by atoms with Gasteiger partial charge < -0.3 is 15.2 Å². The number of aromatic nitrogens is 1. The molecule has 0 spiro atoms. The average Bonchev–Trinajstić information content (AvgIpc) is 2.56. The van der Waals surface area contributed by atoms with Gasteiger partial charge in [0.05, 0.1) is 11.7 Å². The Bertz CT molecular complexity index is 1010. The van der Waals surface area contributed by atoms with Gasteiger partial charge in [-0.05, 0) is 24.3 Å². The maximum absolute atomic E-state index is 12.1. The summed E-state index contributed by atoms with van der Waals surface area (Å²) in [7, 11) is 0. The number of H-pyrrole nitrogens is 1. The van der Waals surface area contributed by atoms with Crippen molar-refractivity contribution < 1.29 is 15.0 Å². The number of hydrogen-bond acceptors (Lipinski definition) is 5. The molecule has 4 N–H and O–H groups in total. The molecule has 1 heterocycles. The van der Waals surface area contributed by atoms with Gasteiger partial charge in [0, 0.05) is 10.9 Å². The summed E-state index contributed by atoms with van der Waals surface area (Å²) in [6.07, 6.45) is 1.24. The van der Waals surface area contributed by atoms with Crippen LogP contribution in [0.25, 0.3) is 10.9 Å². The number of nitrogens with zero attached hydrogens (tertiary/aromatic N) is 1. The van der Waals surface area contributed by atoms with Gasteiger partial charge >= 0.3 is 0 Å². The smallest absolute Gasteiger partial charge is 0.280 e. The largest absolute Gasteiger partial charge is 0.507 e. The van der Waals surface area contributed by atoms with Gasteiger partial charge in [-0.25, -0.2) is 5.43 Å². The molecule has 1 aromatic heterocycles. The van der Waals surface area contributed by atoms with Gasteiger partial charge in [0.25, 0.3) is 11.5 Å². The van der Waals surface area contributed by atoms with Gasteiger partial charge in [-0.1, -0.05) is 24.3 Å². The Hall–Kier alpha value is -3.61. The monoisotopic (exact) mass is 323 g/mol. The molecule has 0 aliphatic heterocycles. The summed E-state index contributed by atoms with van der Waals surface area (Å²) in [5.41, 5.74) is 1.83. The lowest BCUT2D eigenvalue weighted by Gasteiger charge is -2.06. The number of phenolic OH excluding ortho intramolecular Hbond substituents is 1. The molecular formula is C17H13N3O4. The van der Waals surface area contributed by atoms with Gasteiger partial charge in [-0.15, -0.1) is 0 Å². The van der Waals surface area contributed by atoms with E-state index < -0.39 is 22.8 Å². The van der Waals surface area contributed by atoms with Crippen LogP contribution in [0.4, 0.5) is 0 Å². The number of para-hydroxylation sites is 2. The van der Waals surface area contributed by atoms with Crippen molar-refractivity contribution in [3.8, 4) is 11.5 Å². The number of benzene rings is 2. The van der Waals surface area contributed by atoms with Crippen molar-refractivity contribution in [3.63, 3.8) is 0 Å². The van der Waals surface area contributed by atoms with Crippen molar-refractivity contribution in [2.24, 2.45) is 5.10 Å². The summed E-state index contributed by atoms with van der Waals surface area (Å²) in [6.45, 7) is 0. The zero-order valence-electron chi connectivity index (χ0n) is 12.4. The normalized spacial score (nSPS) is 11.0. The van der Waals surface area contributed by atoms with Gasteiger partial charge in [0.2, 0.25) is 0 Å². The first-order valence-electron chi connectivity index (χ1n) is 7.03. The number of amides is 1. The molecule has 3 rings (SSSR count). The van der Waals surface area contributed by atoms with E-state index in [0.29, 0.717) is 16.5 Å². The van der Waals surface area contributed by atoms with Crippen molar-refractivity contribution in [2.45, 2.75) is 0 Å². The molecule has 24 heavy (non-hydrogen) atoms. The lowest BCUT2D eigenvalue weighted by atomic mass is 10.1. The number of carbonyl (C=O) groups is 1. The third kappa shape index (κ3) is 2.82. The Kier molecular flexibility index (Phi) is 3.98. The Morgan fingerprint density at radius 2 is 1.79 bits per heavy atom. The van der Waals surface area contributed by atoms with E-state index in [1.54, 1.807) is 42.5 Å². The van der Waals surface area contributed by atoms with E-state index in [1.165, 1.54) is 12.3 Å². The number of rotatable bonds is 3. The molecule has 1 amide bonds. The maximum atomic E-state index is 12.1. The number of hydrogen-bond donors (Lipinski definition) is 4. The van der Waals surface area contributed by atoms with Crippen LogP contribution in [0.1, 0.15) is 15.9 Å². The molecule has 0 fully saturated rings. The second-order valence-corrected chi connectivity index (χ2v) is 4.98. The van der Waals surface area contributed by atoms with E-state index in [0.717, 1.165) is 0 Å². The van der Waals surface area contributed by atoms with Crippen LogP contribution in [0.5, 0.6) is 11.5 Å². The van der Waals surface area contributed by atoms with E-state index >= 15 is 0 Å². The first kappa shape index (κ1) is 15.3. The highest BCUT2D eigenvalue weighted by Crippen LogP contribution is 2.24. The van der Waals surface area contributed by atoms with Gasteiger partial charge in [-0.2, -0.15) is 5.10 Å². The van der Waals surface area contributed by atoms with Crippen LogP contribution in [-0.2, 0) is 0 Å². The Morgan fingerprint density at radius 3 is 2.58 bits per heavy atom. The molecule has 7 heteroatoms. The first-order chi connectivity index (χ1) is 11.6. The molecule has 0 saturated heterocycles. The minimum absolute atomic E-state index is 0.00176. The number of pyridine rings is 1. The van der Waals surface area contributed by atoms with Gasteiger partial charge in [0.1, 0.15) is 17.1 Å². The third-order valence-electron chi connectivity index (χ3n) is 3.43. The quantitative estimate of drug-likeness (QED) is 0.434. The average molecular weight is 323 g/mol. The van der Waals surface area contributed by atoms with Crippen molar-refractivity contribution >= 4 is 23.0 Å². The maximum Gasteiger partial charge on any atom is 0.280 e. The van der Waals surface area contributed by atoms with Crippen molar-refractivity contribution in [3.05, 3.63) is 70.0 Å². The van der Waals surface area contributed by atoms with Crippen molar-refractivity contribution in [2.75, 3.05) is 0 Å². The second kappa shape index (κ2) is 6.25. The zero-order chi connectivity index (χ0) is 17.1. The Balaban J connectivity index is 1.89. The van der Waals surface area contributed by atoms with Gasteiger partial charge in [0.15, 0.2) is 0 Å². The lowest BCUT2D eigenvalue weighted by molar-refractivity contribution is 0.0951. The molecule has 120 valence electrons. The summed E-state index contributed by atoms with van der Waals surface area (Å²) in [5, 5.41) is 23.8. The molecule has 0 aliphatic rings. The Labute approximate surface area is 135 Å². The molecule has 3 aromatic rings. The minimum atomic E-state index is -0.855. The summed E-state index contributed by atoms with van der Waals surface area (Å²) in [4.78, 5) is 26.7. The van der Waals surface area contributed by atoms with E-state index in [1.807, 2.05) is 0 Å². The predicted molar refractivity (Wildman–Crippen MR) is 89.4 cm³/mol. The van der Waals surface area contributed by atoms with E-state index in [4.69, 9.17) is 0 Å². The van der Waals surface area contributed by atoms with Gasteiger partial charge in [-0.3, -0.25) is 9.59 Å². The van der Waals surface area contributed by atoms with Crippen molar-refractivity contribution in [1.82, 2.24) is 10.4 Å². The highest BCUT2D eigenvalue weighted by atomic mass is 16.3. The van der Waals surface area contributed by atoms with Crippen LogP contribution in [0.15, 0.2) is 58.4 Å². The fraction of sp³-hybridized carbons (Fsp3) is 0. The number of fused-ring (bicyclic) bond motifs is 1. The van der Waals surface area contributed by atoms with E-state index in [2.05, 4.69) is 15.5 Å². The molecule has 0 radical (unpaired) electrons. The molecule has 0 aliphatic carbocycles. The van der Waals surface area contributed by atoms with Crippen LogP contribution < -0.4 is 11.0 Å². The highest BCUT2D eigenvalue weighted by molar-refractivity contribution is 6.02. The molecule has 2 aromatic carbocycles. The number of carbonyl (C=O) groups excluding carboxylic acids is 1. The molecule has 0 unspecified atom stereocenters. The SMILES string of the molecule is O=C(N/N=C/c1ccccc1O)c1c(O)c2ccccc2[nH]c1=O. The topological polar surface area (TPSA) is 115 Å². The number of aromatic amines is 1. The van der Waals surface area contributed by atoms with E-state index in [-0.39, 0.29) is 5.75 Å². The number of aromatic hydroxyl groups is 2. The molecule has 0 bridgehead atoms. The van der Waals surface area contributed by atoms with Crippen LogP contribution in [0.2, 0.25) is 0 Å². The summed E-state index contributed by atoms with van der Waals surface area (Å²) in [5.74, 6) is -1.27. The third-order valence-corrected chi connectivity index (χ3v) is 3.43.